The van der Waals surface area contributed by atoms with Crippen molar-refractivity contribution in [3.63, 3.8) is 0 Å². The molecular weight excluding hydrogens is 242 g/mol. The number of aryl methyl sites for hydroxylation is 1. The molecular formula is C14H17N3O2. The van der Waals surface area contributed by atoms with Crippen molar-refractivity contribution in [3.8, 4) is 0 Å². The van der Waals surface area contributed by atoms with E-state index in [-0.39, 0.29) is 0 Å². The predicted octanol–water partition coefficient (Wildman–Crippen LogP) is 2.52. The first-order valence-corrected chi connectivity index (χ1v) is 6.21. The summed E-state index contributed by atoms with van der Waals surface area (Å²) in [5.74, 6) is -0.903. The van der Waals surface area contributed by atoms with Gasteiger partial charge in [0.15, 0.2) is 0 Å². The van der Waals surface area contributed by atoms with E-state index < -0.39 is 5.97 Å². The zero-order valence-corrected chi connectivity index (χ0v) is 11.1. The molecule has 0 amide bonds. The molecule has 1 aromatic heterocycles. The van der Waals surface area contributed by atoms with Crippen LogP contribution in [0.3, 0.4) is 0 Å². The lowest BCUT2D eigenvalue weighted by Gasteiger charge is -2.12. The highest BCUT2D eigenvalue weighted by Crippen LogP contribution is 2.19. The number of hydrogen-bond acceptors (Lipinski definition) is 3. The number of nitrogens with zero attached hydrogens (tertiary/aromatic N) is 2. The minimum absolute atomic E-state index is 0.328. The summed E-state index contributed by atoms with van der Waals surface area (Å²) >= 11 is 0. The molecule has 0 saturated heterocycles. The Kier molecular flexibility index (Phi) is 3.85. The fraction of sp³-hybridized carbons (Fsp3) is 0.286. The molecule has 0 unspecified atom stereocenters. The van der Waals surface area contributed by atoms with E-state index in [1.165, 1.54) is 0 Å². The van der Waals surface area contributed by atoms with Gasteiger partial charge in [-0.3, -0.25) is 4.68 Å². The summed E-state index contributed by atoms with van der Waals surface area (Å²) < 4.78 is 1.91. The third kappa shape index (κ3) is 2.76. The van der Waals surface area contributed by atoms with Crippen molar-refractivity contribution in [2.45, 2.75) is 26.9 Å². The van der Waals surface area contributed by atoms with Crippen LogP contribution in [0.5, 0.6) is 0 Å². The summed E-state index contributed by atoms with van der Waals surface area (Å²) in [5, 5.41) is 16.5. The predicted molar refractivity (Wildman–Crippen MR) is 73.4 cm³/mol. The van der Waals surface area contributed by atoms with E-state index in [2.05, 4.69) is 10.4 Å². The highest BCUT2D eigenvalue weighted by atomic mass is 16.4. The molecule has 1 aromatic carbocycles. The van der Waals surface area contributed by atoms with Crippen LogP contribution in [0.2, 0.25) is 0 Å². The van der Waals surface area contributed by atoms with Crippen molar-refractivity contribution in [3.05, 3.63) is 47.3 Å². The molecule has 0 aliphatic carbocycles. The van der Waals surface area contributed by atoms with E-state index in [0.717, 1.165) is 23.5 Å². The summed E-state index contributed by atoms with van der Waals surface area (Å²) in [4.78, 5) is 11.1. The van der Waals surface area contributed by atoms with E-state index in [4.69, 9.17) is 5.11 Å². The second-order valence-corrected chi connectivity index (χ2v) is 4.28. The number of aromatic nitrogens is 2. The second-order valence-electron chi connectivity index (χ2n) is 4.28. The Balaban J connectivity index is 2.16. The molecule has 1 heterocycles. The Morgan fingerprint density at radius 3 is 2.89 bits per heavy atom. The van der Waals surface area contributed by atoms with Crippen LogP contribution in [0.25, 0.3) is 0 Å². The Bertz CT molecular complexity index is 590. The Morgan fingerprint density at radius 1 is 1.42 bits per heavy atom. The highest BCUT2D eigenvalue weighted by Gasteiger charge is 2.10. The SMILES string of the molecule is CCn1nccc1CNc1cccc(C(=O)O)c1C. The van der Waals surface area contributed by atoms with E-state index in [1.807, 2.05) is 30.7 Å². The van der Waals surface area contributed by atoms with Gasteiger partial charge in [-0.2, -0.15) is 5.10 Å². The Labute approximate surface area is 111 Å². The number of carbonyl (C=O) groups is 1. The van der Waals surface area contributed by atoms with Gasteiger partial charge in [0.25, 0.3) is 0 Å². The van der Waals surface area contributed by atoms with E-state index in [0.29, 0.717) is 12.1 Å². The van der Waals surface area contributed by atoms with Gasteiger partial charge in [-0.25, -0.2) is 4.79 Å². The molecule has 0 spiro atoms. The number of aromatic carboxylic acids is 1. The lowest BCUT2D eigenvalue weighted by Crippen LogP contribution is -2.09. The van der Waals surface area contributed by atoms with Gasteiger partial charge in [0, 0.05) is 18.4 Å². The van der Waals surface area contributed by atoms with Crippen molar-refractivity contribution >= 4 is 11.7 Å². The number of carboxylic acids is 1. The summed E-state index contributed by atoms with van der Waals surface area (Å²) in [5.41, 5.74) is 2.98. The molecule has 0 saturated carbocycles. The zero-order valence-electron chi connectivity index (χ0n) is 11.1. The van der Waals surface area contributed by atoms with E-state index >= 15 is 0 Å². The summed E-state index contributed by atoms with van der Waals surface area (Å²) in [6.45, 7) is 5.28. The van der Waals surface area contributed by atoms with E-state index in [1.54, 1.807) is 18.3 Å². The molecule has 0 radical (unpaired) electrons. The molecule has 0 bridgehead atoms. The average molecular weight is 259 g/mol. The van der Waals surface area contributed by atoms with Crippen molar-refractivity contribution in [1.29, 1.82) is 0 Å². The standard InChI is InChI=1S/C14H17N3O2/c1-3-17-11(7-8-16-17)9-15-13-6-4-5-12(10(13)2)14(18)19/h4-8,15H,3,9H2,1-2H3,(H,18,19). The quantitative estimate of drug-likeness (QED) is 0.865. The normalized spacial score (nSPS) is 10.4. The first kappa shape index (κ1) is 13.1. The summed E-state index contributed by atoms with van der Waals surface area (Å²) in [6.07, 6.45) is 1.76. The number of rotatable bonds is 5. The second kappa shape index (κ2) is 5.56. The smallest absolute Gasteiger partial charge is 0.336 e. The van der Waals surface area contributed by atoms with E-state index in [9.17, 15) is 4.79 Å². The zero-order chi connectivity index (χ0) is 13.8. The molecule has 5 nitrogen and oxygen atoms in total. The molecule has 2 aromatic rings. The molecule has 100 valence electrons. The van der Waals surface area contributed by atoms with Crippen molar-refractivity contribution in [1.82, 2.24) is 9.78 Å². The van der Waals surface area contributed by atoms with Gasteiger partial charge in [-0.05, 0) is 37.6 Å². The molecule has 0 fully saturated rings. The van der Waals surface area contributed by atoms with Gasteiger partial charge in [-0.15, -0.1) is 0 Å². The van der Waals surface area contributed by atoms with Crippen LogP contribution in [0.4, 0.5) is 5.69 Å². The number of anilines is 1. The first-order chi connectivity index (χ1) is 9.13. The van der Waals surface area contributed by atoms with Gasteiger partial charge >= 0.3 is 5.97 Å². The van der Waals surface area contributed by atoms with Crippen LogP contribution >= 0.6 is 0 Å². The number of benzene rings is 1. The molecule has 0 aliphatic rings. The maximum Gasteiger partial charge on any atom is 0.336 e. The van der Waals surface area contributed by atoms with Gasteiger partial charge in [0.1, 0.15) is 0 Å². The van der Waals surface area contributed by atoms with Crippen LogP contribution in [-0.2, 0) is 13.1 Å². The average Bonchev–Trinajstić information content (AvgIpc) is 2.84. The third-order valence-corrected chi connectivity index (χ3v) is 3.13. The minimum Gasteiger partial charge on any atom is -0.478 e. The van der Waals surface area contributed by atoms with Gasteiger partial charge in [-0.1, -0.05) is 6.07 Å². The monoisotopic (exact) mass is 259 g/mol. The maximum absolute atomic E-state index is 11.1. The van der Waals surface area contributed by atoms with Crippen LogP contribution in [0.1, 0.15) is 28.5 Å². The molecule has 0 atom stereocenters. The molecule has 2 rings (SSSR count). The molecule has 5 heteroatoms. The van der Waals surface area contributed by atoms with Crippen molar-refractivity contribution in [2.75, 3.05) is 5.32 Å². The Hall–Kier alpha value is -2.30. The van der Waals surface area contributed by atoms with Crippen molar-refractivity contribution in [2.24, 2.45) is 0 Å². The summed E-state index contributed by atoms with van der Waals surface area (Å²) in [6, 6.07) is 7.19. The molecule has 0 aliphatic heterocycles. The topological polar surface area (TPSA) is 67.2 Å². The van der Waals surface area contributed by atoms with Gasteiger partial charge < -0.3 is 10.4 Å². The van der Waals surface area contributed by atoms with Crippen molar-refractivity contribution < 1.29 is 9.90 Å². The van der Waals surface area contributed by atoms with Crippen LogP contribution in [0, 0.1) is 6.92 Å². The van der Waals surface area contributed by atoms with Crippen LogP contribution in [0.15, 0.2) is 30.5 Å². The van der Waals surface area contributed by atoms with Gasteiger partial charge in [0.2, 0.25) is 0 Å². The largest absolute Gasteiger partial charge is 0.478 e. The third-order valence-electron chi connectivity index (χ3n) is 3.13. The molecule has 19 heavy (non-hydrogen) atoms. The lowest BCUT2D eigenvalue weighted by atomic mass is 10.1. The lowest BCUT2D eigenvalue weighted by molar-refractivity contribution is 0.0696. The first-order valence-electron chi connectivity index (χ1n) is 6.21. The van der Waals surface area contributed by atoms with Crippen LogP contribution in [-0.4, -0.2) is 20.9 Å². The maximum atomic E-state index is 11.1. The number of nitrogens with one attached hydrogen (secondary N) is 1. The minimum atomic E-state index is -0.903. The fourth-order valence-electron chi connectivity index (χ4n) is 2.04. The molecule has 2 N–H and O–H groups in total. The van der Waals surface area contributed by atoms with Crippen LogP contribution < -0.4 is 5.32 Å². The number of carboxylic acid groups (broad SMARTS) is 1. The fourth-order valence-corrected chi connectivity index (χ4v) is 2.04. The number of hydrogen-bond donors (Lipinski definition) is 2. The Morgan fingerprint density at radius 2 is 2.21 bits per heavy atom. The highest BCUT2D eigenvalue weighted by molar-refractivity contribution is 5.91. The summed E-state index contributed by atoms with van der Waals surface area (Å²) in [7, 11) is 0. The van der Waals surface area contributed by atoms with Gasteiger partial charge in [0.05, 0.1) is 17.8 Å².